The maximum Gasteiger partial charge on any atom is 0.299 e. The third kappa shape index (κ3) is 2.85. The zero-order valence-electron chi connectivity index (χ0n) is 9.58. The second kappa shape index (κ2) is 5.01. The number of sulfonamides is 1. The first-order chi connectivity index (χ1) is 7.89. The van der Waals surface area contributed by atoms with Gasteiger partial charge in [-0.1, -0.05) is 17.7 Å². The summed E-state index contributed by atoms with van der Waals surface area (Å²) in [5.41, 5.74) is 0.953. The molecule has 0 atom stereocenters. The van der Waals surface area contributed by atoms with Gasteiger partial charge in [0, 0.05) is 7.05 Å². The zero-order chi connectivity index (χ0) is 13.1. The van der Waals surface area contributed by atoms with Gasteiger partial charge in [-0.05, 0) is 25.6 Å². The minimum absolute atomic E-state index is 0.112. The molecule has 0 aliphatic carbocycles. The van der Waals surface area contributed by atoms with Crippen LogP contribution in [0, 0.1) is 6.92 Å². The third-order valence-electron chi connectivity index (χ3n) is 2.21. The summed E-state index contributed by atoms with van der Waals surface area (Å²) >= 11 is 0. The Morgan fingerprint density at radius 3 is 2.35 bits per heavy atom. The molecule has 92 valence electrons. The second-order valence-electron chi connectivity index (χ2n) is 3.39. The molecule has 17 heavy (non-hydrogen) atoms. The van der Waals surface area contributed by atoms with Gasteiger partial charge in [0.1, 0.15) is 0 Å². The molecule has 0 bridgehead atoms. The second-order valence-corrected chi connectivity index (χ2v) is 5.36. The molecule has 0 N–H and O–H groups in total. The lowest BCUT2D eigenvalue weighted by molar-refractivity contribution is -0.126. The highest BCUT2D eigenvalue weighted by Gasteiger charge is 2.22. The van der Waals surface area contributed by atoms with Crippen LogP contribution in [0.3, 0.4) is 0 Å². The summed E-state index contributed by atoms with van der Waals surface area (Å²) in [6.07, 6.45) is 0. The fraction of sp³-hybridized carbons (Fsp3) is 0.182. The lowest BCUT2D eigenvalue weighted by atomic mass is 10.2. The van der Waals surface area contributed by atoms with Gasteiger partial charge in [-0.2, -0.15) is 0 Å². The molecule has 1 aromatic rings. The molecule has 0 radical (unpaired) electrons. The fourth-order valence-electron chi connectivity index (χ4n) is 1.13. The molecule has 5 nitrogen and oxygen atoms in total. The van der Waals surface area contributed by atoms with E-state index in [0.717, 1.165) is 9.87 Å². The lowest BCUT2D eigenvalue weighted by Gasteiger charge is -2.19. The Kier molecular flexibility index (Phi) is 3.90. The van der Waals surface area contributed by atoms with E-state index in [1.807, 2.05) is 6.92 Å². The summed E-state index contributed by atoms with van der Waals surface area (Å²) in [7, 11) is -2.46. The Bertz CT molecular complexity index is 519. The first kappa shape index (κ1) is 13.2. The maximum absolute atomic E-state index is 12.0. The van der Waals surface area contributed by atoms with Crippen molar-refractivity contribution in [2.24, 2.45) is 0 Å². The Morgan fingerprint density at radius 2 is 1.88 bits per heavy atom. The standard InChI is InChI=1S/C11H13NO4S/c1-9-4-6-11(7-5-9)17(14,15)12(3)10(2)16-8-13/h4-8H,2H2,1,3H3. The van der Waals surface area contributed by atoms with E-state index in [4.69, 9.17) is 0 Å². The molecular formula is C11H13NO4S. The number of rotatable bonds is 5. The van der Waals surface area contributed by atoms with Crippen LogP contribution in [0.15, 0.2) is 41.6 Å². The number of hydrogen-bond acceptors (Lipinski definition) is 4. The highest BCUT2D eigenvalue weighted by atomic mass is 32.2. The van der Waals surface area contributed by atoms with Crippen LogP contribution in [0.25, 0.3) is 0 Å². The van der Waals surface area contributed by atoms with Gasteiger partial charge in [-0.15, -0.1) is 0 Å². The highest BCUT2D eigenvalue weighted by molar-refractivity contribution is 7.89. The largest absolute Gasteiger partial charge is 0.411 e. The first-order valence-electron chi connectivity index (χ1n) is 4.74. The van der Waals surface area contributed by atoms with Crippen molar-refractivity contribution in [2.75, 3.05) is 7.05 Å². The normalized spacial score (nSPS) is 10.7. The van der Waals surface area contributed by atoms with Crippen molar-refractivity contribution in [2.45, 2.75) is 11.8 Å². The molecule has 0 unspecified atom stereocenters. The summed E-state index contributed by atoms with van der Waals surface area (Å²) in [5, 5.41) is 0. The molecule has 1 rings (SSSR count). The maximum atomic E-state index is 12.0. The molecular weight excluding hydrogens is 242 g/mol. The van der Waals surface area contributed by atoms with Crippen LogP contribution in [0.2, 0.25) is 0 Å². The molecule has 1 aromatic carbocycles. The number of hydrogen-bond donors (Lipinski definition) is 0. The number of nitrogens with zero attached hydrogens (tertiary/aromatic N) is 1. The molecule has 0 aromatic heterocycles. The van der Waals surface area contributed by atoms with Gasteiger partial charge in [-0.25, -0.2) is 12.7 Å². The zero-order valence-corrected chi connectivity index (χ0v) is 10.4. The van der Waals surface area contributed by atoms with E-state index in [2.05, 4.69) is 11.3 Å². The summed E-state index contributed by atoms with van der Waals surface area (Å²) in [5.74, 6) is -0.249. The van der Waals surface area contributed by atoms with Crippen LogP contribution in [-0.2, 0) is 19.6 Å². The third-order valence-corrected chi connectivity index (χ3v) is 4.01. The Labute approximate surface area is 100 Å². The van der Waals surface area contributed by atoms with E-state index in [0.29, 0.717) is 0 Å². The van der Waals surface area contributed by atoms with Crippen LogP contribution >= 0.6 is 0 Å². The van der Waals surface area contributed by atoms with E-state index in [9.17, 15) is 13.2 Å². The SMILES string of the molecule is C=C(OC=O)N(C)S(=O)(=O)c1ccc(C)cc1. The minimum Gasteiger partial charge on any atom is -0.411 e. The van der Waals surface area contributed by atoms with Crippen LogP contribution in [-0.4, -0.2) is 26.2 Å². The van der Waals surface area contributed by atoms with E-state index in [1.165, 1.54) is 19.2 Å². The molecule has 0 saturated carbocycles. The number of carbonyl (C=O) groups excluding carboxylic acids is 1. The van der Waals surface area contributed by atoms with Crippen molar-refractivity contribution >= 4 is 16.5 Å². The molecule has 0 heterocycles. The van der Waals surface area contributed by atoms with Gasteiger partial charge >= 0.3 is 0 Å². The summed E-state index contributed by atoms with van der Waals surface area (Å²) in [4.78, 5) is 10.2. The molecule has 0 fully saturated rings. The van der Waals surface area contributed by atoms with E-state index >= 15 is 0 Å². The average Bonchev–Trinajstić information content (AvgIpc) is 2.29. The van der Waals surface area contributed by atoms with Crippen molar-refractivity contribution in [3.05, 3.63) is 42.3 Å². The molecule has 0 aliphatic heterocycles. The summed E-state index contributed by atoms with van der Waals surface area (Å²) in [6, 6.07) is 6.33. The van der Waals surface area contributed by atoms with Crippen molar-refractivity contribution in [1.29, 1.82) is 0 Å². The van der Waals surface area contributed by atoms with Crippen molar-refractivity contribution < 1.29 is 17.9 Å². The van der Waals surface area contributed by atoms with Crippen LogP contribution < -0.4 is 0 Å². The molecule has 0 saturated heterocycles. The Morgan fingerprint density at radius 1 is 1.35 bits per heavy atom. The van der Waals surface area contributed by atoms with Gasteiger partial charge in [0.2, 0.25) is 5.88 Å². The lowest BCUT2D eigenvalue weighted by Crippen LogP contribution is -2.27. The van der Waals surface area contributed by atoms with Gasteiger partial charge < -0.3 is 4.74 Å². The van der Waals surface area contributed by atoms with E-state index in [1.54, 1.807) is 12.1 Å². The van der Waals surface area contributed by atoms with Gasteiger partial charge in [-0.3, -0.25) is 4.79 Å². The number of benzene rings is 1. The molecule has 6 heteroatoms. The molecule has 0 amide bonds. The van der Waals surface area contributed by atoms with E-state index < -0.39 is 10.0 Å². The van der Waals surface area contributed by atoms with Crippen molar-refractivity contribution in [3.63, 3.8) is 0 Å². The van der Waals surface area contributed by atoms with Crippen LogP contribution in [0.5, 0.6) is 0 Å². The van der Waals surface area contributed by atoms with Gasteiger partial charge in [0.05, 0.1) is 4.90 Å². The molecule has 0 spiro atoms. The predicted octanol–water partition coefficient (Wildman–Crippen LogP) is 1.26. The minimum atomic E-state index is -3.73. The number of carbonyl (C=O) groups is 1. The number of aryl methyl sites for hydroxylation is 1. The Balaban J connectivity index is 3.07. The predicted molar refractivity (Wildman–Crippen MR) is 62.4 cm³/mol. The Hall–Kier alpha value is -1.82. The van der Waals surface area contributed by atoms with E-state index in [-0.39, 0.29) is 17.3 Å². The fourth-order valence-corrected chi connectivity index (χ4v) is 2.24. The quantitative estimate of drug-likeness (QED) is 0.587. The van der Waals surface area contributed by atoms with Gasteiger partial charge in [0.25, 0.3) is 16.5 Å². The monoisotopic (exact) mass is 255 g/mol. The smallest absolute Gasteiger partial charge is 0.299 e. The molecule has 0 aliphatic rings. The summed E-state index contributed by atoms with van der Waals surface area (Å²) < 4.78 is 29.3. The topological polar surface area (TPSA) is 63.7 Å². The first-order valence-corrected chi connectivity index (χ1v) is 6.18. The number of ether oxygens (including phenoxy) is 1. The van der Waals surface area contributed by atoms with Crippen molar-refractivity contribution in [3.8, 4) is 0 Å². The average molecular weight is 255 g/mol. The van der Waals surface area contributed by atoms with Crippen LogP contribution in [0.4, 0.5) is 0 Å². The van der Waals surface area contributed by atoms with Gasteiger partial charge in [0.15, 0.2) is 0 Å². The highest BCUT2D eigenvalue weighted by Crippen LogP contribution is 2.18. The van der Waals surface area contributed by atoms with Crippen molar-refractivity contribution in [1.82, 2.24) is 4.31 Å². The van der Waals surface area contributed by atoms with Crippen LogP contribution in [0.1, 0.15) is 5.56 Å². The summed E-state index contributed by atoms with van der Waals surface area (Å²) in [6.45, 7) is 5.33.